The van der Waals surface area contributed by atoms with Gasteiger partial charge in [0.2, 0.25) is 5.91 Å². The Labute approximate surface area is 119 Å². The van der Waals surface area contributed by atoms with Crippen LogP contribution in [-0.2, 0) is 11.3 Å². The summed E-state index contributed by atoms with van der Waals surface area (Å²) in [5.74, 6) is -1.03. The fraction of sp³-hybridized carbons (Fsp3) is 0.0769. The van der Waals surface area contributed by atoms with Crippen LogP contribution < -0.4 is 11.1 Å². The summed E-state index contributed by atoms with van der Waals surface area (Å²) in [6, 6.07) is 7.35. The molecule has 8 heteroatoms. The summed E-state index contributed by atoms with van der Waals surface area (Å²) in [6.07, 6.45) is 1.23. The van der Waals surface area contributed by atoms with Gasteiger partial charge in [0.25, 0.3) is 0 Å². The van der Waals surface area contributed by atoms with Crippen molar-refractivity contribution in [2.24, 2.45) is 0 Å². The minimum absolute atomic E-state index is 0.00581. The van der Waals surface area contributed by atoms with E-state index in [1.54, 1.807) is 6.07 Å². The van der Waals surface area contributed by atoms with Gasteiger partial charge in [0.1, 0.15) is 24.5 Å². The number of nitrogens with zero attached hydrogens (tertiary/aromatic N) is 4. The van der Waals surface area contributed by atoms with E-state index in [0.717, 1.165) is 6.07 Å². The first-order valence-electron chi connectivity index (χ1n) is 5.75. The van der Waals surface area contributed by atoms with Gasteiger partial charge in [0.15, 0.2) is 11.4 Å². The molecule has 104 valence electrons. The second-order valence-corrected chi connectivity index (χ2v) is 4.08. The van der Waals surface area contributed by atoms with E-state index in [0.29, 0.717) is 5.69 Å². The van der Waals surface area contributed by atoms with Crippen LogP contribution in [0.25, 0.3) is 0 Å². The lowest BCUT2D eigenvalue weighted by molar-refractivity contribution is -0.116. The fourth-order valence-electron chi connectivity index (χ4n) is 1.68. The van der Waals surface area contributed by atoms with Gasteiger partial charge in [-0.1, -0.05) is 0 Å². The van der Waals surface area contributed by atoms with Crippen LogP contribution in [0.4, 0.5) is 15.8 Å². The van der Waals surface area contributed by atoms with E-state index in [1.165, 1.54) is 23.0 Å². The van der Waals surface area contributed by atoms with Gasteiger partial charge in [-0.15, -0.1) is 0 Å². The Morgan fingerprint density at radius 1 is 1.43 bits per heavy atom. The smallest absolute Gasteiger partial charge is 0.244 e. The zero-order valence-corrected chi connectivity index (χ0v) is 10.7. The van der Waals surface area contributed by atoms with E-state index in [1.807, 2.05) is 6.07 Å². The van der Waals surface area contributed by atoms with E-state index >= 15 is 0 Å². The van der Waals surface area contributed by atoms with Crippen molar-refractivity contribution in [3.05, 3.63) is 41.7 Å². The average Bonchev–Trinajstić information content (AvgIpc) is 2.84. The number of nitriles is 2. The quantitative estimate of drug-likeness (QED) is 0.814. The normalized spacial score (nSPS) is 9.67. The second-order valence-electron chi connectivity index (χ2n) is 4.08. The molecular weight excluding hydrogens is 275 g/mol. The highest BCUT2D eigenvalue weighted by Crippen LogP contribution is 2.16. The Morgan fingerprint density at radius 2 is 2.19 bits per heavy atom. The zero-order chi connectivity index (χ0) is 15.4. The summed E-state index contributed by atoms with van der Waals surface area (Å²) >= 11 is 0. The first-order valence-corrected chi connectivity index (χ1v) is 5.75. The number of nitrogens with two attached hydrogens (primary N) is 1. The molecular formula is C13H9FN6O. The molecule has 0 radical (unpaired) electrons. The molecule has 0 saturated carbocycles. The van der Waals surface area contributed by atoms with Crippen molar-refractivity contribution in [1.82, 2.24) is 9.55 Å². The van der Waals surface area contributed by atoms with Gasteiger partial charge in [0.05, 0.1) is 12.0 Å². The van der Waals surface area contributed by atoms with Crippen LogP contribution in [-0.4, -0.2) is 15.5 Å². The maximum absolute atomic E-state index is 13.0. The van der Waals surface area contributed by atoms with Crippen molar-refractivity contribution in [3.63, 3.8) is 0 Å². The number of nitrogen functional groups attached to an aromatic ring is 1. The SMILES string of the molecule is N#Cc1ncn(CC(=O)Nc2ccc(F)c(N)c2)c1C#N. The molecule has 0 aliphatic heterocycles. The van der Waals surface area contributed by atoms with Crippen LogP contribution in [0.1, 0.15) is 11.4 Å². The van der Waals surface area contributed by atoms with Crippen molar-refractivity contribution in [3.8, 4) is 12.1 Å². The number of aromatic nitrogens is 2. The number of rotatable bonds is 3. The third kappa shape index (κ3) is 2.96. The summed E-state index contributed by atoms with van der Waals surface area (Å²) in [5, 5.41) is 20.2. The first kappa shape index (κ1) is 14.0. The van der Waals surface area contributed by atoms with Crippen molar-refractivity contribution in [2.75, 3.05) is 11.1 Å². The molecule has 21 heavy (non-hydrogen) atoms. The van der Waals surface area contributed by atoms with Crippen LogP contribution in [0, 0.1) is 28.5 Å². The first-order chi connectivity index (χ1) is 10.0. The Morgan fingerprint density at radius 3 is 2.81 bits per heavy atom. The molecule has 0 aliphatic rings. The predicted octanol–water partition coefficient (Wildman–Crippen LogP) is 0.986. The summed E-state index contributed by atoms with van der Waals surface area (Å²) < 4.78 is 14.3. The minimum Gasteiger partial charge on any atom is -0.396 e. The summed E-state index contributed by atoms with van der Waals surface area (Å²) in [5.41, 5.74) is 5.60. The highest BCUT2D eigenvalue weighted by molar-refractivity contribution is 5.91. The number of anilines is 2. The Bertz CT molecular complexity index is 783. The molecule has 0 aliphatic carbocycles. The molecule has 0 fully saturated rings. The van der Waals surface area contributed by atoms with Crippen LogP contribution in [0.5, 0.6) is 0 Å². The lowest BCUT2D eigenvalue weighted by atomic mass is 10.2. The number of imidazole rings is 1. The lowest BCUT2D eigenvalue weighted by Crippen LogP contribution is -2.19. The largest absolute Gasteiger partial charge is 0.396 e. The topological polar surface area (TPSA) is 121 Å². The molecule has 0 atom stereocenters. The lowest BCUT2D eigenvalue weighted by Gasteiger charge is -2.07. The fourth-order valence-corrected chi connectivity index (χ4v) is 1.68. The van der Waals surface area contributed by atoms with E-state index in [9.17, 15) is 9.18 Å². The van der Waals surface area contributed by atoms with Crippen molar-refractivity contribution in [1.29, 1.82) is 10.5 Å². The third-order valence-corrected chi connectivity index (χ3v) is 2.64. The summed E-state index contributed by atoms with van der Waals surface area (Å²) in [4.78, 5) is 15.6. The van der Waals surface area contributed by atoms with Crippen molar-refractivity contribution >= 4 is 17.3 Å². The number of carbonyl (C=O) groups excluding carboxylic acids is 1. The molecule has 2 rings (SSSR count). The molecule has 1 aromatic heterocycles. The predicted molar refractivity (Wildman–Crippen MR) is 71.1 cm³/mol. The minimum atomic E-state index is -0.576. The van der Waals surface area contributed by atoms with E-state index in [4.69, 9.17) is 16.3 Å². The van der Waals surface area contributed by atoms with Crippen LogP contribution in [0.3, 0.4) is 0 Å². The maximum atomic E-state index is 13.0. The molecule has 1 heterocycles. The molecule has 0 bridgehead atoms. The number of benzene rings is 1. The monoisotopic (exact) mass is 284 g/mol. The number of halogens is 1. The van der Waals surface area contributed by atoms with Gasteiger partial charge in [0, 0.05) is 5.69 Å². The molecule has 0 spiro atoms. The zero-order valence-electron chi connectivity index (χ0n) is 10.7. The van der Waals surface area contributed by atoms with E-state index < -0.39 is 11.7 Å². The van der Waals surface area contributed by atoms with E-state index in [-0.39, 0.29) is 23.6 Å². The average molecular weight is 284 g/mol. The number of nitrogens with one attached hydrogen (secondary N) is 1. The number of amides is 1. The summed E-state index contributed by atoms with van der Waals surface area (Å²) in [7, 11) is 0. The van der Waals surface area contributed by atoms with Crippen LogP contribution in [0.15, 0.2) is 24.5 Å². The maximum Gasteiger partial charge on any atom is 0.244 e. The molecule has 1 aromatic carbocycles. The van der Waals surface area contributed by atoms with Gasteiger partial charge >= 0.3 is 0 Å². The Kier molecular flexibility index (Phi) is 3.82. The Hall–Kier alpha value is -3.39. The van der Waals surface area contributed by atoms with Gasteiger partial charge in [-0.2, -0.15) is 10.5 Å². The van der Waals surface area contributed by atoms with Crippen molar-refractivity contribution < 1.29 is 9.18 Å². The third-order valence-electron chi connectivity index (χ3n) is 2.64. The molecule has 3 N–H and O–H groups in total. The van der Waals surface area contributed by atoms with Gasteiger partial charge in [-0.25, -0.2) is 9.37 Å². The molecule has 2 aromatic rings. The highest BCUT2D eigenvalue weighted by atomic mass is 19.1. The number of hydrogen-bond donors (Lipinski definition) is 2. The Balaban J connectivity index is 2.12. The molecule has 1 amide bonds. The van der Waals surface area contributed by atoms with Crippen LogP contribution in [0.2, 0.25) is 0 Å². The summed E-state index contributed by atoms with van der Waals surface area (Å²) in [6.45, 7) is -0.200. The molecule has 7 nitrogen and oxygen atoms in total. The van der Waals surface area contributed by atoms with Crippen LogP contribution >= 0.6 is 0 Å². The standard InChI is InChI=1S/C13H9FN6O/c14-9-2-1-8(3-10(9)17)19-13(21)6-20-7-18-11(4-15)12(20)5-16/h1-3,7H,6,17H2,(H,19,21). The van der Waals surface area contributed by atoms with E-state index in [2.05, 4.69) is 10.3 Å². The molecule has 0 unspecified atom stereocenters. The van der Waals surface area contributed by atoms with Gasteiger partial charge in [-0.3, -0.25) is 4.79 Å². The molecule has 0 saturated heterocycles. The number of hydrogen-bond acceptors (Lipinski definition) is 5. The second kappa shape index (κ2) is 5.72. The number of carbonyl (C=O) groups is 1. The van der Waals surface area contributed by atoms with Crippen molar-refractivity contribution in [2.45, 2.75) is 6.54 Å². The van der Waals surface area contributed by atoms with Gasteiger partial charge in [-0.05, 0) is 18.2 Å². The van der Waals surface area contributed by atoms with Gasteiger partial charge < -0.3 is 15.6 Å². The highest BCUT2D eigenvalue weighted by Gasteiger charge is 2.13.